The van der Waals surface area contributed by atoms with Crippen LogP contribution in [0.2, 0.25) is 0 Å². The maximum absolute atomic E-state index is 12.3. The summed E-state index contributed by atoms with van der Waals surface area (Å²) in [5, 5.41) is 12.0. The van der Waals surface area contributed by atoms with Crippen LogP contribution in [0.15, 0.2) is 0 Å². The molecule has 1 aliphatic carbocycles. The van der Waals surface area contributed by atoms with Crippen LogP contribution < -0.4 is 5.32 Å². The van der Waals surface area contributed by atoms with Gasteiger partial charge in [-0.1, -0.05) is 0 Å². The summed E-state index contributed by atoms with van der Waals surface area (Å²) in [7, 11) is 1.70. The van der Waals surface area contributed by atoms with Crippen molar-refractivity contribution in [2.24, 2.45) is 0 Å². The normalized spacial score (nSPS) is 30.2. The van der Waals surface area contributed by atoms with Crippen molar-refractivity contribution in [3.05, 3.63) is 0 Å². The van der Waals surface area contributed by atoms with Gasteiger partial charge < -0.3 is 20.1 Å². The molecule has 6 heteroatoms. The molecule has 0 aromatic heterocycles. The number of hydrogen-bond acceptors (Lipinski definition) is 3. The molecule has 1 saturated carbocycles. The molecular weight excluding hydrogens is 260 g/mol. The lowest BCUT2D eigenvalue weighted by atomic mass is 10.00. The standard InChI is InChI=1S/C14H24N2O4/c1-20-12-6-5-10(8-12)15-14(19)16-7-3-2-4-11(16)9-13(17)18/h10-12H,2-9H2,1H3,(H,15,19)(H,17,18). The Balaban J connectivity index is 1.87. The van der Waals surface area contributed by atoms with Gasteiger partial charge in [0, 0.05) is 25.7 Å². The van der Waals surface area contributed by atoms with Crippen LogP contribution in [0, 0.1) is 0 Å². The van der Waals surface area contributed by atoms with E-state index in [2.05, 4.69) is 5.32 Å². The fourth-order valence-electron chi connectivity index (χ4n) is 3.22. The molecule has 1 saturated heterocycles. The predicted molar refractivity (Wildman–Crippen MR) is 73.6 cm³/mol. The second kappa shape index (κ2) is 6.92. The third kappa shape index (κ3) is 3.85. The van der Waals surface area contributed by atoms with Gasteiger partial charge in [0.25, 0.3) is 0 Å². The minimum absolute atomic E-state index is 0.0405. The van der Waals surface area contributed by atoms with E-state index in [-0.39, 0.29) is 30.6 Å². The average molecular weight is 284 g/mol. The van der Waals surface area contributed by atoms with Crippen LogP contribution in [0.1, 0.15) is 44.9 Å². The Labute approximate surface area is 119 Å². The highest BCUT2D eigenvalue weighted by atomic mass is 16.5. The number of urea groups is 1. The number of carbonyl (C=O) groups is 2. The molecule has 0 aromatic rings. The zero-order valence-corrected chi connectivity index (χ0v) is 12.0. The Kier molecular flexibility index (Phi) is 5.23. The van der Waals surface area contributed by atoms with Crippen molar-refractivity contribution < 1.29 is 19.4 Å². The Morgan fingerprint density at radius 3 is 2.75 bits per heavy atom. The number of amides is 2. The maximum atomic E-state index is 12.3. The van der Waals surface area contributed by atoms with Gasteiger partial charge in [0.2, 0.25) is 0 Å². The lowest BCUT2D eigenvalue weighted by molar-refractivity contribution is -0.138. The Morgan fingerprint density at radius 2 is 2.10 bits per heavy atom. The van der Waals surface area contributed by atoms with Crippen LogP contribution in [0.4, 0.5) is 4.79 Å². The number of nitrogens with one attached hydrogen (secondary N) is 1. The van der Waals surface area contributed by atoms with E-state index < -0.39 is 5.97 Å². The first-order valence-corrected chi connectivity index (χ1v) is 7.42. The smallest absolute Gasteiger partial charge is 0.317 e. The lowest BCUT2D eigenvalue weighted by Gasteiger charge is -2.35. The third-order valence-electron chi connectivity index (χ3n) is 4.34. The van der Waals surface area contributed by atoms with Gasteiger partial charge >= 0.3 is 12.0 Å². The summed E-state index contributed by atoms with van der Waals surface area (Å²) in [5.74, 6) is -0.838. The highest BCUT2D eigenvalue weighted by molar-refractivity contribution is 5.76. The topological polar surface area (TPSA) is 78.9 Å². The van der Waals surface area contributed by atoms with Crippen molar-refractivity contribution in [1.82, 2.24) is 10.2 Å². The molecule has 2 aliphatic rings. The average Bonchev–Trinajstić information content (AvgIpc) is 2.86. The van der Waals surface area contributed by atoms with Gasteiger partial charge in [-0.15, -0.1) is 0 Å². The number of methoxy groups -OCH3 is 1. The number of carbonyl (C=O) groups excluding carboxylic acids is 1. The SMILES string of the molecule is COC1CCC(NC(=O)N2CCCCC2CC(=O)O)C1. The summed E-state index contributed by atoms with van der Waals surface area (Å²) < 4.78 is 5.30. The zero-order chi connectivity index (χ0) is 14.5. The van der Waals surface area contributed by atoms with Crippen LogP contribution in [0.3, 0.4) is 0 Å². The number of hydrogen-bond donors (Lipinski definition) is 2. The summed E-state index contributed by atoms with van der Waals surface area (Å²) in [4.78, 5) is 24.9. The van der Waals surface area contributed by atoms with E-state index >= 15 is 0 Å². The number of aliphatic carboxylic acids is 1. The molecule has 114 valence electrons. The van der Waals surface area contributed by atoms with E-state index in [4.69, 9.17) is 9.84 Å². The number of likely N-dealkylation sites (tertiary alicyclic amines) is 1. The number of ether oxygens (including phenoxy) is 1. The predicted octanol–water partition coefficient (Wildman–Crippen LogP) is 1.59. The second-order valence-corrected chi connectivity index (χ2v) is 5.76. The van der Waals surface area contributed by atoms with E-state index in [0.717, 1.165) is 38.5 Å². The molecular formula is C14H24N2O4. The summed E-state index contributed by atoms with van der Waals surface area (Å²) in [6.45, 7) is 0.657. The molecule has 0 bridgehead atoms. The number of carboxylic acids is 1. The first-order chi connectivity index (χ1) is 9.60. The first-order valence-electron chi connectivity index (χ1n) is 7.42. The second-order valence-electron chi connectivity index (χ2n) is 5.76. The van der Waals surface area contributed by atoms with E-state index in [9.17, 15) is 9.59 Å². The Hall–Kier alpha value is -1.30. The van der Waals surface area contributed by atoms with Crippen molar-refractivity contribution in [2.45, 2.75) is 63.1 Å². The number of carboxylic acid groups (broad SMARTS) is 1. The van der Waals surface area contributed by atoms with Crippen molar-refractivity contribution in [2.75, 3.05) is 13.7 Å². The molecule has 2 rings (SSSR count). The van der Waals surface area contributed by atoms with E-state index in [1.807, 2.05) is 0 Å². The van der Waals surface area contributed by atoms with Gasteiger partial charge in [0.15, 0.2) is 0 Å². The minimum atomic E-state index is -0.838. The largest absolute Gasteiger partial charge is 0.481 e. The maximum Gasteiger partial charge on any atom is 0.317 e. The molecule has 0 radical (unpaired) electrons. The highest BCUT2D eigenvalue weighted by Crippen LogP contribution is 2.23. The highest BCUT2D eigenvalue weighted by Gasteiger charge is 2.31. The van der Waals surface area contributed by atoms with E-state index in [0.29, 0.717) is 6.54 Å². The molecule has 3 unspecified atom stereocenters. The molecule has 20 heavy (non-hydrogen) atoms. The number of nitrogens with zero attached hydrogens (tertiary/aromatic N) is 1. The van der Waals surface area contributed by atoms with Crippen LogP contribution in [0.5, 0.6) is 0 Å². The van der Waals surface area contributed by atoms with Crippen molar-refractivity contribution >= 4 is 12.0 Å². The Morgan fingerprint density at radius 1 is 1.30 bits per heavy atom. The van der Waals surface area contributed by atoms with Crippen LogP contribution in [-0.2, 0) is 9.53 Å². The molecule has 1 heterocycles. The van der Waals surface area contributed by atoms with Gasteiger partial charge in [0.05, 0.1) is 12.5 Å². The van der Waals surface area contributed by atoms with Gasteiger partial charge in [-0.3, -0.25) is 4.79 Å². The van der Waals surface area contributed by atoms with E-state index in [1.54, 1.807) is 12.0 Å². The summed E-state index contributed by atoms with van der Waals surface area (Å²) in [6, 6.07) is -0.126. The fraction of sp³-hybridized carbons (Fsp3) is 0.857. The van der Waals surface area contributed by atoms with Gasteiger partial charge in [-0.25, -0.2) is 4.79 Å². The van der Waals surface area contributed by atoms with Crippen molar-refractivity contribution in [1.29, 1.82) is 0 Å². The molecule has 2 amide bonds. The Bertz CT molecular complexity index is 361. The van der Waals surface area contributed by atoms with Crippen LogP contribution >= 0.6 is 0 Å². The van der Waals surface area contributed by atoms with Crippen LogP contribution in [0.25, 0.3) is 0 Å². The fourth-order valence-corrected chi connectivity index (χ4v) is 3.22. The van der Waals surface area contributed by atoms with Gasteiger partial charge in [-0.05, 0) is 38.5 Å². The van der Waals surface area contributed by atoms with Crippen LogP contribution in [-0.4, -0.2) is 53.8 Å². The zero-order valence-electron chi connectivity index (χ0n) is 12.0. The number of rotatable bonds is 4. The summed E-state index contributed by atoms with van der Waals surface area (Å²) in [5.41, 5.74) is 0. The third-order valence-corrected chi connectivity index (χ3v) is 4.34. The minimum Gasteiger partial charge on any atom is -0.481 e. The van der Waals surface area contributed by atoms with Crippen molar-refractivity contribution in [3.8, 4) is 0 Å². The van der Waals surface area contributed by atoms with Gasteiger partial charge in [0.1, 0.15) is 0 Å². The van der Waals surface area contributed by atoms with Crippen molar-refractivity contribution in [3.63, 3.8) is 0 Å². The van der Waals surface area contributed by atoms with E-state index in [1.165, 1.54) is 0 Å². The summed E-state index contributed by atoms with van der Waals surface area (Å²) >= 11 is 0. The molecule has 0 aromatic carbocycles. The molecule has 6 nitrogen and oxygen atoms in total. The molecule has 0 spiro atoms. The molecule has 2 N–H and O–H groups in total. The molecule has 2 fully saturated rings. The molecule has 3 atom stereocenters. The quantitative estimate of drug-likeness (QED) is 0.821. The number of piperidine rings is 1. The van der Waals surface area contributed by atoms with Gasteiger partial charge in [-0.2, -0.15) is 0 Å². The lowest BCUT2D eigenvalue weighted by Crippen LogP contribution is -2.51. The molecule has 1 aliphatic heterocycles. The first kappa shape index (κ1) is 15.1. The monoisotopic (exact) mass is 284 g/mol. The summed E-state index contributed by atoms with van der Waals surface area (Å²) in [6.07, 6.45) is 5.76.